The van der Waals surface area contributed by atoms with E-state index in [9.17, 15) is 13.2 Å². The molecule has 0 atom stereocenters. The summed E-state index contributed by atoms with van der Waals surface area (Å²) in [6.07, 6.45) is 0. The van der Waals surface area contributed by atoms with Crippen LogP contribution in [0.4, 0.5) is 11.4 Å². The predicted molar refractivity (Wildman–Crippen MR) is 120 cm³/mol. The molecule has 4 rings (SSSR count). The van der Waals surface area contributed by atoms with Gasteiger partial charge in [-0.25, -0.2) is 8.42 Å². The van der Waals surface area contributed by atoms with Crippen molar-refractivity contribution in [3.63, 3.8) is 0 Å². The van der Waals surface area contributed by atoms with Crippen LogP contribution in [0.25, 0.3) is 10.8 Å². The lowest BCUT2D eigenvalue weighted by molar-refractivity contribution is 0.102. The van der Waals surface area contributed by atoms with Crippen LogP contribution in [-0.2, 0) is 10.0 Å². The summed E-state index contributed by atoms with van der Waals surface area (Å²) in [6.45, 7) is 1.76. The van der Waals surface area contributed by atoms with Crippen molar-refractivity contribution in [1.82, 2.24) is 0 Å². The van der Waals surface area contributed by atoms with Gasteiger partial charge in [-0.1, -0.05) is 54.6 Å². The second-order valence-corrected chi connectivity index (χ2v) is 8.61. The summed E-state index contributed by atoms with van der Waals surface area (Å²) in [5, 5.41) is 4.60. The van der Waals surface area contributed by atoms with Crippen molar-refractivity contribution >= 4 is 38.1 Å². The number of rotatable bonds is 5. The highest BCUT2D eigenvalue weighted by Gasteiger charge is 2.17. The zero-order valence-corrected chi connectivity index (χ0v) is 17.1. The lowest BCUT2D eigenvalue weighted by Gasteiger charge is -2.13. The molecule has 150 valence electrons. The van der Waals surface area contributed by atoms with Crippen molar-refractivity contribution in [1.29, 1.82) is 0 Å². The van der Waals surface area contributed by atoms with Gasteiger partial charge in [0.2, 0.25) is 0 Å². The van der Waals surface area contributed by atoms with E-state index in [1.807, 2.05) is 42.5 Å². The first-order chi connectivity index (χ1) is 14.4. The second kappa shape index (κ2) is 8.00. The molecule has 0 aliphatic rings. The molecule has 30 heavy (non-hydrogen) atoms. The van der Waals surface area contributed by atoms with Crippen LogP contribution < -0.4 is 10.0 Å². The van der Waals surface area contributed by atoms with E-state index in [1.54, 1.807) is 49.4 Å². The Morgan fingerprint density at radius 2 is 1.47 bits per heavy atom. The molecule has 0 aliphatic carbocycles. The smallest absolute Gasteiger partial charge is 0.261 e. The van der Waals surface area contributed by atoms with Crippen molar-refractivity contribution < 1.29 is 13.2 Å². The quantitative estimate of drug-likeness (QED) is 0.469. The molecule has 0 fully saturated rings. The summed E-state index contributed by atoms with van der Waals surface area (Å²) in [6, 6.07) is 26.6. The molecule has 0 saturated heterocycles. The van der Waals surface area contributed by atoms with Gasteiger partial charge in [0, 0.05) is 16.6 Å². The molecule has 1 amide bonds. The van der Waals surface area contributed by atoms with E-state index in [0.29, 0.717) is 22.5 Å². The molecule has 0 aliphatic heterocycles. The molecule has 0 radical (unpaired) electrons. The average molecular weight is 417 g/mol. The molecule has 0 aromatic heterocycles. The number of nitrogens with one attached hydrogen (secondary N) is 2. The van der Waals surface area contributed by atoms with Crippen LogP contribution in [0.2, 0.25) is 0 Å². The topological polar surface area (TPSA) is 75.3 Å². The Balaban J connectivity index is 1.59. The molecule has 4 aromatic carbocycles. The number of sulfonamides is 1. The monoisotopic (exact) mass is 416 g/mol. The number of carbonyl (C=O) groups is 1. The molecular formula is C24H20N2O3S. The molecule has 0 heterocycles. The third kappa shape index (κ3) is 4.04. The molecule has 0 saturated carbocycles. The van der Waals surface area contributed by atoms with E-state index in [2.05, 4.69) is 10.0 Å². The molecule has 0 bridgehead atoms. The zero-order chi connectivity index (χ0) is 21.1. The largest absolute Gasteiger partial charge is 0.322 e. The van der Waals surface area contributed by atoms with E-state index >= 15 is 0 Å². The number of hydrogen-bond donors (Lipinski definition) is 2. The summed E-state index contributed by atoms with van der Waals surface area (Å²) >= 11 is 0. The van der Waals surface area contributed by atoms with Crippen molar-refractivity contribution in [3.05, 3.63) is 102 Å². The lowest BCUT2D eigenvalue weighted by Crippen LogP contribution is -2.15. The van der Waals surface area contributed by atoms with Crippen LogP contribution in [-0.4, -0.2) is 14.3 Å². The van der Waals surface area contributed by atoms with Gasteiger partial charge < -0.3 is 5.32 Å². The van der Waals surface area contributed by atoms with Crippen LogP contribution in [0.1, 0.15) is 15.9 Å². The number of hydrogen-bond acceptors (Lipinski definition) is 3. The number of aryl methyl sites for hydroxylation is 1. The maximum atomic E-state index is 13.0. The van der Waals surface area contributed by atoms with Crippen LogP contribution in [0.3, 0.4) is 0 Å². The highest BCUT2D eigenvalue weighted by atomic mass is 32.2. The summed E-state index contributed by atoms with van der Waals surface area (Å²) < 4.78 is 28.6. The first-order valence-electron chi connectivity index (χ1n) is 9.42. The van der Waals surface area contributed by atoms with Crippen molar-refractivity contribution in [2.45, 2.75) is 11.8 Å². The lowest BCUT2D eigenvalue weighted by atomic mass is 10.1. The van der Waals surface area contributed by atoms with Crippen molar-refractivity contribution in [2.75, 3.05) is 10.0 Å². The van der Waals surface area contributed by atoms with Gasteiger partial charge in [-0.2, -0.15) is 0 Å². The number of amides is 1. The van der Waals surface area contributed by atoms with Crippen LogP contribution >= 0.6 is 0 Å². The number of fused-ring (bicyclic) bond motifs is 1. The first-order valence-corrected chi connectivity index (χ1v) is 10.9. The van der Waals surface area contributed by atoms with E-state index in [0.717, 1.165) is 10.8 Å². The van der Waals surface area contributed by atoms with Gasteiger partial charge in [0.1, 0.15) is 0 Å². The summed E-state index contributed by atoms with van der Waals surface area (Å²) in [7, 11) is -3.79. The zero-order valence-electron chi connectivity index (χ0n) is 16.3. The predicted octanol–water partition coefficient (Wildman–Crippen LogP) is 5.20. The molecule has 6 heteroatoms. The Kier molecular flexibility index (Phi) is 5.25. The number of anilines is 2. The Morgan fingerprint density at radius 3 is 2.23 bits per heavy atom. The summed E-state index contributed by atoms with van der Waals surface area (Å²) in [5.41, 5.74) is 2.27. The maximum Gasteiger partial charge on any atom is 0.261 e. The van der Waals surface area contributed by atoms with Gasteiger partial charge in [0.05, 0.1) is 10.6 Å². The normalized spacial score (nSPS) is 11.2. The van der Waals surface area contributed by atoms with Gasteiger partial charge in [-0.15, -0.1) is 0 Å². The van der Waals surface area contributed by atoms with E-state index in [-0.39, 0.29) is 10.8 Å². The van der Waals surface area contributed by atoms with Gasteiger partial charge in [-0.05, 0) is 54.3 Å². The fraction of sp³-hybridized carbons (Fsp3) is 0.0417. The average Bonchev–Trinajstić information content (AvgIpc) is 2.75. The fourth-order valence-corrected chi connectivity index (χ4v) is 4.41. The Bertz CT molecular complexity index is 1330. The Morgan fingerprint density at radius 1 is 0.767 bits per heavy atom. The minimum absolute atomic E-state index is 0.130. The van der Waals surface area contributed by atoms with E-state index in [1.165, 1.54) is 6.07 Å². The standard InChI is InChI=1S/C24H20N2O3S/c1-17-16-20(14-15-22(17)25-24(27)19-9-3-2-4-10-19)30(28,29)26-23-13-7-11-18-8-5-6-12-21(18)23/h2-16,26H,1H3,(H,25,27). The molecule has 4 aromatic rings. The second-order valence-electron chi connectivity index (χ2n) is 6.93. The highest BCUT2D eigenvalue weighted by molar-refractivity contribution is 7.92. The minimum Gasteiger partial charge on any atom is -0.322 e. The summed E-state index contributed by atoms with van der Waals surface area (Å²) in [4.78, 5) is 12.5. The van der Waals surface area contributed by atoms with Crippen molar-refractivity contribution in [2.24, 2.45) is 0 Å². The molecule has 0 unspecified atom stereocenters. The number of carbonyl (C=O) groups excluding carboxylic acids is 1. The fourth-order valence-electron chi connectivity index (χ4n) is 3.25. The third-order valence-electron chi connectivity index (χ3n) is 4.83. The molecule has 2 N–H and O–H groups in total. The van der Waals surface area contributed by atoms with Crippen LogP contribution in [0, 0.1) is 6.92 Å². The van der Waals surface area contributed by atoms with Gasteiger partial charge in [-0.3, -0.25) is 9.52 Å². The highest BCUT2D eigenvalue weighted by Crippen LogP contribution is 2.27. The Hall–Kier alpha value is -3.64. The molecule has 5 nitrogen and oxygen atoms in total. The van der Waals surface area contributed by atoms with Crippen molar-refractivity contribution in [3.8, 4) is 0 Å². The maximum absolute atomic E-state index is 13.0. The summed E-state index contributed by atoms with van der Waals surface area (Å²) in [5.74, 6) is -0.247. The number of benzene rings is 4. The van der Waals surface area contributed by atoms with Crippen LogP contribution in [0.15, 0.2) is 95.9 Å². The van der Waals surface area contributed by atoms with E-state index in [4.69, 9.17) is 0 Å². The van der Waals surface area contributed by atoms with Gasteiger partial charge >= 0.3 is 0 Å². The first kappa shape index (κ1) is 19.7. The minimum atomic E-state index is -3.79. The third-order valence-corrected chi connectivity index (χ3v) is 6.19. The van der Waals surface area contributed by atoms with Gasteiger partial charge in [0.15, 0.2) is 0 Å². The van der Waals surface area contributed by atoms with E-state index < -0.39 is 10.0 Å². The van der Waals surface area contributed by atoms with Gasteiger partial charge in [0.25, 0.3) is 15.9 Å². The molecular weight excluding hydrogens is 396 g/mol. The SMILES string of the molecule is Cc1cc(S(=O)(=O)Nc2cccc3ccccc23)ccc1NC(=O)c1ccccc1. The van der Waals surface area contributed by atoms with Crippen LogP contribution in [0.5, 0.6) is 0 Å². The molecule has 0 spiro atoms. The Labute approximate surface area is 175 Å².